The second-order valence-corrected chi connectivity index (χ2v) is 4.07. The first-order valence-electron chi connectivity index (χ1n) is 5.29. The second-order valence-electron chi connectivity index (χ2n) is 3.66. The van der Waals surface area contributed by atoms with E-state index < -0.39 is 0 Å². The van der Waals surface area contributed by atoms with E-state index in [-0.39, 0.29) is 6.61 Å². The van der Waals surface area contributed by atoms with Crippen molar-refractivity contribution < 1.29 is 9.84 Å². The second kappa shape index (κ2) is 5.21. The number of hydrogen-bond donors (Lipinski definition) is 1. The molecule has 88 valence electrons. The molecule has 0 aliphatic heterocycles. The largest absolute Gasteiger partial charge is 0.497 e. The fraction of sp³-hybridized carbons (Fsp3) is 0.143. The lowest BCUT2D eigenvalue weighted by molar-refractivity contribution is 0.282. The van der Waals surface area contributed by atoms with Gasteiger partial charge in [0.15, 0.2) is 0 Å². The summed E-state index contributed by atoms with van der Waals surface area (Å²) >= 11 is 6.21. The molecule has 0 aliphatic carbocycles. The van der Waals surface area contributed by atoms with Crippen molar-refractivity contribution in [2.45, 2.75) is 6.61 Å². The van der Waals surface area contributed by atoms with Crippen molar-refractivity contribution in [3.05, 3.63) is 53.1 Å². The van der Waals surface area contributed by atoms with Gasteiger partial charge in [0.25, 0.3) is 0 Å². The highest BCUT2D eigenvalue weighted by Crippen LogP contribution is 2.33. The van der Waals surface area contributed by atoms with Gasteiger partial charge in [0.1, 0.15) is 5.75 Å². The maximum Gasteiger partial charge on any atom is 0.120 e. The van der Waals surface area contributed by atoms with E-state index >= 15 is 0 Å². The molecule has 2 nitrogen and oxygen atoms in total. The van der Waals surface area contributed by atoms with E-state index in [1.54, 1.807) is 13.2 Å². The Kier molecular flexibility index (Phi) is 3.67. The number of benzene rings is 2. The Labute approximate surface area is 105 Å². The molecule has 0 saturated carbocycles. The van der Waals surface area contributed by atoms with Crippen LogP contribution in [0.25, 0.3) is 11.1 Å². The fourth-order valence-corrected chi connectivity index (χ4v) is 2.03. The van der Waals surface area contributed by atoms with Gasteiger partial charge in [0.05, 0.1) is 18.7 Å². The summed E-state index contributed by atoms with van der Waals surface area (Å²) < 4.78 is 5.11. The van der Waals surface area contributed by atoms with Gasteiger partial charge in [0.2, 0.25) is 0 Å². The minimum Gasteiger partial charge on any atom is -0.497 e. The van der Waals surface area contributed by atoms with Crippen molar-refractivity contribution >= 4 is 11.6 Å². The average Bonchev–Trinajstić information content (AvgIpc) is 2.38. The molecule has 0 fully saturated rings. The predicted octanol–water partition coefficient (Wildman–Crippen LogP) is 3.51. The van der Waals surface area contributed by atoms with Gasteiger partial charge in [-0.05, 0) is 29.3 Å². The smallest absolute Gasteiger partial charge is 0.120 e. The van der Waals surface area contributed by atoms with Gasteiger partial charge >= 0.3 is 0 Å². The molecular weight excluding hydrogens is 236 g/mol. The summed E-state index contributed by atoms with van der Waals surface area (Å²) in [4.78, 5) is 0. The van der Waals surface area contributed by atoms with E-state index in [1.807, 2.05) is 36.4 Å². The Balaban J connectivity index is 2.53. The van der Waals surface area contributed by atoms with Crippen LogP contribution < -0.4 is 4.74 Å². The van der Waals surface area contributed by atoms with Gasteiger partial charge in [-0.15, -0.1) is 0 Å². The first-order chi connectivity index (χ1) is 8.26. The van der Waals surface area contributed by atoms with E-state index in [0.29, 0.717) is 5.02 Å². The summed E-state index contributed by atoms with van der Waals surface area (Å²) in [5.74, 6) is 0.722. The summed E-state index contributed by atoms with van der Waals surface area (Å²) in [6.45, 7) is -0.00146. The molecule has 0 radical (unpaired) electrons. The molecule has 0 saturated heterocycles. The SMILES string of the molecule is COc1ccc(-c2ccccc2CO)c(Cl)c1. The highest BCUT2D eigenvalue weighted by molar-refractivity contribution is 6.33. The Morgan fingerprint density at radius 3 is 2.53 bits per heavy atom. The topological polar surface area (TPSA) is 29.5 Å². The number of methoxy groups -OCH3 is 1. The van der Waals surface area contributed by atoms with E-state index in [1.165, 1.54) is 0 Å². The third-order valence-electron chi connectivity index (χ3n) is 2.65. The average molecular weight is 249 g/mol. The molecule has 2 aromatic rings. The lowest BCUT2D eigenvalue weighted by atomic mass is 10.00. The number of aliphatic hydroxyl groups excluding tert-OH is 1. The van der Waals surface area contributed by atoms with Crippen LogP contribution in [-0.2, 0) is 6.61 Å². The third-order valence-corrected chi connectivity index (χ3v) is 2.97. The standard InChI is InChI=1S/C14H13ClO2/c1-17-11-6-7-13(14(15)8-11)12-5-3-2-4-10(12)9-16/h2-8,16H,9H2,1H3. The first kappa shape index (κ1) is 12.0. The van der Waals surface area contributed by atoms with Crippen LogP contribution in [-0.4, -0.2) is 12.2 Å². The highest BCUT2D eigenvalue weighted by Gasteiger charge is 2.08. The van der Waals surface area contributed by atoms with Crippen LogP contribution in [0.5, 0.6) is 5.75 Å². The molecule has 1 N–H and O–H groups in total. The summed E-state index contributed by atoms with van der Waals surface area (Å²) in [6.07, 6.45) is 0. The molecule has 0 aliphatic rings. The number of halogens is 1. The molecule has 2 aromatic carbocycles. The molecule has 0 spiro atoms. The van der Waals surface area contributed by atoms with Gasteiger partial charge in [-0.3, -0.25) is 0 Å². The molecule has 0 heterocycles. The molecule has 0 amide bonds. The van der Waals surface area contributed by atoms with Gasteiger partial charge in [-0.1, -0.05) is 35.9 Å². The fourth-order valence-electron chi connectivity index (χ4n) is 1.76. The predicted molar refractivity (Wildman–Crippen MR) is 69.4 cm³/mol. The quantitative estimate of drug-likeness (QED) is 0.901. The normalized spacial score (nSPS) is 10.3. The van der Waals surface area contributed by atoms with Crippen LogP contribution in [0.3, 0.4) is 0 Å². The van der Waals surface area contributed by atoms with Crippen LogP contribution in [0.4, 0.5) is 0 Å². The molecule has 0 atom stereocenters. The minimum absolute atomic E-state index is 0.00146. The van der Waals surface area contributed by atoms with Gasteiger partial charge in [0, 0.05) is 5.56 Å². The van der Waals surface area contributed by atoms with Crippen molar-refractivity contribution in [1.29, 1.82) is 0 Å². The molecule has 3 heteroatoms. The zero-order valence-corrected chi connectivity index (χ0v) is 10.2. The number of aliphatic hydroxyl groups is 1. The van der Waals surface area contributed by atoms with Crippen molar-refractivity contribution in [1.82, 2.24) is 0 Å². The number of rotatable bonds is 3. The van der Waals surface area contributed by atoms with Crippen LogP contribution in [0, 0.1) is 0 Å². The van der Waals surface area contributed by atoms with Crippen molar-refractivity contribution in [2.75, 3.05) is 7.11 Å². The lowest BCUT2D eigenvalue weighted by Crippen LogP contribution is -1.90. The van der Waals surface area contributed by atoms with E-state index in [2.05, 4.69) is 0 Å². The van der Waals surface area contributed by atoms with Crippen molar-refractivity contribution in [3.8, 4) is 16.9 Å². The Morgan fingerprint density at radius 1 is 1.12 bits per heavy atom. The molecule has 0 bridgehead atoms. The van der Waals surface area contributed by atoms with E-state index in [9.17, 15) is 5.11 Å². The summed E-state index contributed by atoms with van der Waals surface area (Å²) in [7, 11) is 1.60. The molecule has 0 aromatic heterocycles. The number of hydrogen-bond acceptors (Lipinski definition) is 2. The van der Waals surface area contributed by atoms with Crippen LogP contribution >= 0.6 is 11.6 Å². The van der Waals surface area contributed by atoms with Gasteiger partial charge in [-0.2, -0.15) is 0 Å². The molecule has 0 unspecified atom stereocenters. The van der Waals surface area contributed by atoms with E-state index in [0.717, 1.165) is 22.4 Å². The van der Waals surface area contributed by atoms with Crippen LogP contribution in [0.1, 0.15) is 5.56 Å². The number of ether oxygens (including phenoxy) is 1. The van der Waals surface area contributed by atoms with Crippen molar-refractivity contribution in [2.24, 2.45) is 0 Å². The zero-order valence-electron chi connectivity index (χ0n) is 9.48. The third kappa shape index (κ3) is 2.43. The lowest BCUT2D eigenvalue weighted by Gasteiger charge is -2.10. The first-order valence-corrected chi connectivity index (χ1v) is 5.66. The Bertz CT molecular complexity index is 523. The van der Waals surface area contributed by atoms with Crippen molar-refractivity contribution in [3.63, 3.8) is 0 Å². The van der Waals surface area contributed by atoms with Crippen LogP contribution in [0.2, 0.25) is 5.02 Å². The summed E-state index contributed by atoms with van der Waals surface area (Å²) in [6, 6.07) is 13.2. The Hall–Kier alpha value is -1.51. The summed E-state index contributed by atoms with van der Waals surface area (Å²) in [5, 5.41) is 9.92. The van der Waals surface area contributed by atoms with E-state index in [4.69, 9.17) is 16.3 Å². The minimum atomic E-state index is -0.00146. The molecule has 17 heavy (non-hydrogen) atoms. The summed E-state index contributed by atoms with van der Waals surface area (Å²) in [5.41, 5.74) is 2.71. The highest BCUT2D eigenvalue weighted by atomic mass is 35.5. The molecule has 2 rings (SSSR count). The van der Waals surface area contributed by atoms with Gasteiger partial charge in [-0.25, -0.2) is 0 Å². The monoisotopic (exact) mass is 248 g/mol. The van der Waals surface area contributed by atoms with Crippen LogP contribution in [0.15, 0.2) is 42.5 Å². The maximum absolute atomic E-state index is 9.30. The maximum atomic E-state index is 9.30. The Morgan fingerprint density at radius 2 is 1.88 bits per heavy atom. The van der Waals surface area contributed by atoms with Gasteiger partial charge < -0.3 is 9.84 Å². The molecular formula is C14H13ClO2. The zero-order chi connectivity index (χ0) is 12.3.